The summed E-state index contributed by atoms with van der Waals surface area (Å²) in [6, 6.07) is 0. The van der Waals surface area contributed by atoms with Crippen LogP contribution in [-0.4, -0.2) is 11.8 Å². The van der Waals surface area contributed by atoms with E-state index in [0.717, 1.165) is 11.3 Å². The Morgan fingerprint density at radius 1 is 1.23 bits per heavy atom. The van der Waals surface area contributed by atoms with Crippen LogP contribution in [0.3, 0.4) is 0 Å². The van der Waals surface area contributed by atoms with Crippen LogP contribution in [0.15, 0.2) is 0 Å². The molecule has 0 radical (unpaired) electrons. The van der Waals surface area contributed by atoms with E-state index in [0.29, 0.717) is 10.6 Å². The van der Waals surface area contributed by atoms with Crippen molar-refractivity contribution in [3.05, 3.63) is 16.0 Å². The molecule has 0 saturated carbocycles. The minimum Gasteiger partial charge on any atom is -0.390 e. The molecule has 1 rings (SSSR count). The molecule has 0 aliphatic rings. The minimum absolute atomic E-state index is 0.127. The molecule has 0 saturated heterocycles. The summed E-state index contributed by atoms with van der Waals surface area (Å²) in [5, 5.41) is 0.391. The van der Waals surface area contributed by atoms with Crippen molar-refractivity contribution in [2.75, 3.05) is 5.73 Å². The molecule has 0 atom stereocenters. The molecule has 13 heavy (non-hydrogen) atoms. The lowest BCUT2D eigenvalue weighted by Gasteiger charge is -1.95. The average Bonchev–Trinajstić information content (AvgIpc) is 2.28. The molecule has 0 aromatic carbocycles. The van der Waals surface area contributed by atoms with Gasteiger partial charge in [-0.2, -0.15) is 0 Å². The summed E-state index contributed by atoms with van der Waals surface area (Å²) < 4.78 is 0. The monoisotopic (exact) mass is 199 g/mol. The Labute approximate surface area is 78.5 Å². The van der Waals surface area contributed by atoms with Crippen LogP contribution in [0, 0.1) is 6.92 Å². The minimum atomic E-state index is -0.682. The van der Waals surface area contributed by atoms with Crippen LogP contribution in [0.5, 0.6) is 0 Å². The quantitative estimate of drug-likeness (QED) is 0.614. The number of nitrogen functional groups attached to an aromatic ring is 1. The first-order chi connectivity index (χ1) is 5.95. The normalized spacial score (nSPS) is 9.92. The van der Waals surface area contributed by atoms with Crippen molar-refractivity contribution < 1.29 is 9.59 Å². The fourth-order valence-corrected chi connectivity index (χ4v) is 1.93. The number of thiophene rings is 1. The van der Waals surface area contributed by atoms with Gasteiger partial charge in [0.15, 0.2) is 0 Å². The third-order valence-corrected chi connectivity index (χ3v) is 2.79. The van der Waals surface area contributed by atoms with E-state index in [4.69, 9.17) is 17.2 Å². The van der Waals surface area contributed by atoms with Crippen LogP contribution < -0.4 is 17.2 Å². The Morgan fingerprint density at radius 3 is 2.08 bits per heavy atom. The van der Waals surface area contributed by atoms with Crippen molar-refractivity contribution in [2.45, 2.75) is 6.92 Å². The zero-order valence-corrected chi connectivity index (χ0v) is 7.77. The lowest BCUT2D eigenvalue weighted by Crippen LogP contribution is -2.19. The SMILES string of the molecule is Cc1c(N)sc(C(N)=O)c1C(N)=O. The third-order valence-electron chi connectivity index (χ3n) is 1.65. The first kappa shape index (κ1) is 9.53. The highest BCUT2D eigenvalue weighted by atomic mass is 32.1. The number of carbonyl (C=O) groups excluding carboxylic acids is 2. The highest BCUT2D eigenvalue weighted by Crippen LogP contribution is 2.29. The van der Waals surface area contributed by atoms with Crippen molar-refractivity contribution >= 4 is 28.2 Å². The van der Waals surface area contributed by atoms with Crippen LogP contribution in [0.4, 0.5) is 5.00 Å². The first-order valence-corrected chi connectivity index (χ1v) is 4.25. The summed E-state index contributed by atoms with van der Waals surface area (Å²) in [5.41, 5.74) is 16.3. The van der Waals surface area contributed by atoms with Crippen molar-refractivity contribution in [1.29, 1.82) is 0 Å². The van der Waals surface area contributed by atoms with Gasteiger partial charge in [0.05, 0.1) is 10.6 Å². The molecule has 70 valence electrons. The Balaban J connectivity index is 3.44. The molecule has 0 bridgehead atoms. The van der Waals surface area contributed by atoms with Crippen molar-refractivity contribution in [1.82, 2.24) is 0 Å². The van der Waals surface area contributed by atoms with E-state index in [1.165, 1.54) is 0 Å². The Kier molecular flexibility index (Phi) is 2.24. The van der Waals surface area contributed by atoms with E-state index >= 15 is 0 Å². The maximum Gasteiger partial charge on any atom is 0.259 e. The van der Waals surface area contributed by atoms with Gasteiger partial charge in [0, 0.05) is 0 Å². The standard InChI is InChI=1S/C7H9N3O2S/c1-2-3(5(8)11)4(6(9)12)13-7(2)10/h10H2,1H3,(H2,8,11)(H2,9,12). The number of hydrogen-bond donors (Lipinski definition) is 3. The Hall–Kier alpha value is -1.56. The summed E-state index contributed by atoms with van der Waals surface area (Å²) in [6.07, 6.45) is 0. The summed E-state index contributed by atoms with van der Waals surface area (Å²) in [5.74, 6) is -1.36. The predicted octanol–water partition coefficient (Wildman–Crippen LogP) is -0.163. The Morgan fingerprint density at radius 2 is 1.77 bits per heavy atom. The van der Waals surface area contributed by atoms with Gasteiger partial charge in [-0.15, -0.1) is 11.3 Å². The molecule has 0 unspecified atom stereocenters. The second-order valence-electron chi connectivity index (χ2n) is 2.52. The van der Waals surface area contributed by atoms with E-state index in [1.807, 2.05) is 0 Å². The maximum atomic E-state index is 10.9. The maximum absolute atomic E-state index is 10.9. The van der Waals surface area contributed by atoms with Crippen molar-refractivity contribution in [2.24, 2.45) is 11.5 Å². The van der Waals surface area contributed by atoms with E-state index in [9.17, 15) is 9.59 Å². The highest BCUT2D eigenvalue weighted by Gasteiger charge is 2.20. The van der Waals surface area contributed by atoms with Crippen molar-refractivity contribution in [3.8, 4) is 0 Å². The summed E-state index contributed by atoms with van der Waals surface area (Å²) in [4.78, 5) is 21.9. The molecule has 1 aromatic heterocycles. The zero-order valence-electron chi connectivity index (χ0n) is 6.96. The molecule has 0 aliphatic carbocycles. The largest absolute Gasteiger partial charge is 0.390 e. The summed E-state index contributed by atoms with van der Waals surface area (Å²) >= 11 is 0.980. The lowest BCUT2D eigenvalue weighted by molar-refractivity contribution is 0.0970. The second kappa shape index (κ2) is 3.06. The topological polar surface area (TPSA) is 112 Å². The number of nitrogens with two attached hydrogens (primary N) is 3. The molecular weight excluding hydrogens is 190 g/mol. The van der Waals surface area contributed by atoms with Gasteiger partial charge in [0.1, 0.15) is 4.88 Å². The number of anilines is 1. The van der Waals surface area contributed by atoms with Crippen molar-refractivity contribution in [3.63, 3.8) is 0 Å². The van der Waals surface area contributed by atoms with Gasteiger partial charge < -0.3 is 17.2 Å². The van der Waals surface area contributed by atoms with Gasteiger partial charge >= 0.3 is 0 Å². The number of primary amides is 2. The molecular formula is C7H9N3O2S. The smallest absolute Gasteiger partial charge is 0.259 e. The number of amides is 2. The van der Waals surface area contributed by atoms with Crippen LogP contribution in [-0.2, 0) is 0 Å². The molecule has 6 heteroatoms. The van der Waals surface area contributed by atoms with Gasteiger partial charge in [0.25, 0.3) is 11.8 Å². The molecule has 6 N–H and O–H groups in total. The van der Waals surface area contributed by atoms with Crippen LogP contribution in [0.2, 0.25) is 0 Å². The van der Waals surface area contributed by atoms with Crippen LogP contribution >= 0.6 is 11.3 Å². The van der Waals surface area contributed by atoms with E-state index in [-0.39, 0.29) is 10.4 Å². The Bertz CT molecular complexity index is 383. The first-order valence-electron chi connectivity index (χ1n) is 3.43. The molecule has 0 aliphatic heterocycles. The van der Waals surface area contributed by atoms with Gasteiger partial charge in [-0.05, 0) is 12.5 Å². The molecule has 1 aromatic rings. The van der Waals surface area contributed by atoms with Gasteiger partial charge in [-0.3, -0.25) is 9.59 Å². The number of carbonyl (C=O) groups is 2. The summed E-state index contributed by atoms with van der Waals surface area (Å²) in [7, 11) is 0. The van der Waals surface area contributed by atoms with Crippen LogP contribution in [0.25, 0.3) is 0 Å². The number of rotatable bonds is 2. The van der Waals surface area contributed by atoms with E-state index < -0.39 is 11.8 Å². The predicted molar refractivity (Wildman–Crippen MR) is 50.5 cm³/mol. The van der Waals surface area contributed by atoms with Gasteiger partial charge in [0.2, 0.25) is 0 Å². The van der Waals surface area contributed by atoms with Gasteiger partial charge in [-0.25, -0.2) is 0 Å². The van der Waals surface area contributed by atoms with E-state index in [2.05, 4.69) is 0 Å². The molecule has 2 amide bonds. The highest BCUT2D eigenvalue weighted by molar-refractivity contribution is 7.18. The fraction of sp³-hybridized carbons (Fsp3) is 0.143. The third kappa shape index (κ3) is 1.48. The van der Waals surface area contributed by atoms with E-state index in [1.54, 1.807) is 6.92 Å². The fourth-order valence-electron chi connectivity index (χ4n) is 1.00. The number of hydrogen-bond acceptors (Lipinski definition) is 4. The second-order valence-corrected chi connectivity index (χ2v) is 3.58. The molecule has 0 fully saturated rings. The molecule has 1 heterocycles. The average molecular weight is 199 g/mol. The summed E-state index contributed by atoms with van der Waals surface area (Å²) in [6.45, 7) is 1.62. The zero-order chi connectivity index (χ0) is 10.2. The molecule has 5 nitrogen and oxygen atoms in total. The lowest BCUT2D eigenvalue weighted by atomic mass is 10.1. The molecule has 0 spiro atoms. The van der Waals surface area contributed by atoms with Crippen LogP contribution in [0.1, 0.15) is 25.6 Å². The van der Waals surface area contributed by atoms with Gasteiger partial charge in [-0.1, -0.05) is 0 Å².